The van der Waals surface area contributed by atoms with Crippen LogP contribution in [0.25, 0.3) is 33.2 Å². The maximum Gasteiger partial charge on any atom is 0.305 e. The van der Waals surface area contributed by atoms with Crippen LogP contribution in [0.4, 0.5) is 26.1 Å². The summed E-state index contributed by atoms with van der Waals surface area (Å²) in [6.45, 7) is 9.33. The highest BCUT2D eigenvalue weighted by Gasteiger charge is 2.23. The van der Waals surface area contributed by atoms with E-state index in [2.05, 4.69) is 25.0 Å². The zero-order valence-corrected chi connectivity index (χ0v) is 38.4. The van der Waals surface area contributed by atoms with Crippen molar-refractivity contribution in [1.29, 1.82) is 0 Å². The average Bonchev–Trinajstić information content (AvgIpc) is 3.81. The molecule has 0 fully saturated rings. The summed E-state index contributed by atoms with van der Waals surface area (Å²) in [5.41, 5.74) is 2.71. The number of hydrogen-bond acceptors (Lipinski definition) is 10. The third kappa shape index (κ3) is 11.4. The second-order valence-corrected chi connectivity index (χ2v) is 16.5. The lowest BCUT2D eigenvalue weighted by atomic mass is 10.0. The van der Waals surface area contributed by atoms with Crippen molar-refractivity contribution < 1.29 is 36.6 Å². The molecule has 7 aromatic rings. The first kappa shape index (κ1) is 49.6. The van der Waals surface area contributed by atoms with Crippen molar-refractivity contribution in [2.45, 2.75) is 59.9 Å². The molecule has 0 saturated carbocycles. The summed E-state index contributed by atoms with van der Waals surface area (Å²) in [7, 11) is -0.331. The van der Waals surface area contributed by atoms with Crippen molar-refractivity contribution in [3.05, 3.63) is 135 Å². The van der Waals surface area contributed by atoms with Crippen LogP contribution in [0.3, 0.4) is 0 Å². The summed E-state index contributed by atoms with van der Waals surface area (Å²) < 4.78 is 62.8. The largest absolute Gasteiger partial charge is 0.481 e. The van der Waals surface area contributed by atoms with Crippen LogP contribution < -0.4 is 30.8 Å². The molecular formula is C47H52F2N8O8S. The molecule has 4 aromatic heterocycles. The number of nitrogens with one attached hydrogen (secondary N) is 3. The predicted octanol–water partition coefficient (Wildman–Crippen LogP) is 8.44. The SMILES string of the molecule is CC.CCC(=O)N(C)c1ccc2nc(NCCC(=O)O)c(=O)n([C@@H](CC)c3ccccc3)c2n1.CCS(=O)(=O)Nc1ccc(Oc2ccc(F)cc2F)c(-c2cn(C)c(=O)c3[nH]ccc23)c1. The summed E-state index contributed by atoms with van der Waals surface area (Å²) in [5, 5.41) is 12.4. The van der Waals surface area contributed by atoms with E-state index in [-0.39, 0.29) is 59.2 Å². The number of ether oxygens (including phenoxy) is 1. The Hall–Kier alpha value is -7.41. The number of carbonyl (C=O) groups excluding carboxylic acids is 1. The number of benzene rings is 3. The van der Waals surface area contributed by atoms with E-state index in [9.17, 15) is 36.4 Å². The van der Waals surface area contributed by atoms with Gasteiger partial charge in [-0.25, -0.2) is 27.2 Å². The Morgan fingerprint density at radius 3 is 2.27 bits per heavy atom. The van der Waals surface area contributed by atoms with Gasteiger partial charge in [-0.2, -0.15) is 0 Å². The summed E-state index contributed by atoms with van der Waals surface area (Å²) in [4.78, 5) is 62.4. The fourth-order valence-corrected chi connectivity index (χ4v) is 7.50. The van der Waals surface area contributed by atoms with Gasteiger partial charge in [0.15, 0.2) is 23.0 Å². The number of nitrogens with zero attached hydrogens (tertiary/aromatic N) is 5. The minimum atomic E-state index is -3.56. The topological polar surface area (TPSA) is 211 Å². The van der Waals surface area contributed by atoms with Gasteiger partial charge in [0, 0.05) is 67.7 Å². The third-order valence-corrected chi connectivity index (χ3v) is 11.5. The molecular weight excluding hydrogens is 875 g/mol. The summed E-state index contributed by atoms with van der Waals surface area (Å²) >= 11 is 0. The first-order valence-corrected chi connectivity index (χ1v) is 22.9. The standard InChI is InChI=1S/C23H27N5O4.C22H19F2N3O4S.C2H6/c1-4-17(15-9-7-6-8-10-15)28-22-16(11-12-18(26-22)27(3)19(29)5-2)25-21(23(28)32)24-14-13-20(30)31;1-3-32(29,30)26-14-5-7-19(31-20-6-4-13(23)10-18(20)24)16(11-14)17-12-27(2)22(28)21-15(17)8-9-25-21;1-2/h6-12,17H,4-5,13-14H2,1-3H3,(H,24,25)(H,30,31);4-12,25-26H,3H2,1-2H3;1-2H3/t17-;;/m0../s1. The lowest BCUT2D eigenvalue weighted by Crippen LogP contribution is -2.31. The van der Waals surface area contributed by atoms with Crippen LogP contribution in [0.5, 0.6) is 11.5 Å². The lowest BCUT2D eigenvalue weighted by Gasteiger charge is -2.23. The smallest absolute Gasteiger partial charge is 0.305 e. The van der Waals surface area contributed by atoms with Gasteiger partial charge in [-0.05, 0) is 67.4 Å². The number of pyridine rings is 2. The Labute approximate surface area is 380 Å². The Morgan fingerprint density at radius 2 is 1.62 bits per heavy atom. The van der Waals surface area contributed by atoms with Crippen molar-refractivity contribution in [2.75, 3.05) is 34.3 Å². The van der Waals surface area contributed by atoms with E-state index in [0.29, 0.717) is 57.9 Å². The fraction of sp³-hybridized carbons (Fsp3) is 0.277. The van der Waals surface area contributed by atoms with Gasteiger partial charge in [0.05, 0.1) is 18.2 Å². The number of carboxylic acids is 1. The molecule has 0 aliphatic heterocycles. The summed E-state index contributed by atoms with van der Waals surface area (Å²) in [6.07, 6.45) is 4.00. The molecule has 0 radical (unpaired) electrons. The molecule has 19 heteroatoms. The molecule has 348 valence electrons. The molecule has 66 heavy (non-hydrogen) atoms. The highest BCUT2D eigenvalue weighted by Crippen LogP contribution is 2.39. The number of halogens is 2. The van der Waals surface area contributed by atoms with Crippen LogP contribution in [0.2, 0.25) is 0 Å². The van der Waals surface area contributed by atoms with Crippen molar-refractivity contribution in [2.24, 2.45) is 7.05 Å². The van der Waals surface area contributed by atoms with E-state index in [1.165, 1.54) is 34.6 Å². The number of sulfonamides is 1. The van der Waals surface area contributed by atoms with Crippen molar-refractivity contribution in [3.63, 3.8) is 0 Å². The van der Waals surface area contributed by atoms with E-state index >= 15 is 0 Å². The fourth-order valence-electron chi connectivity index (χ4n) is 6.87. The van der Waals surface area contributed by atoms with E-state index in [1.807, 2.05) is 51.1 Å². The zero-order chi connectivity index (χ0) is 48.3. The normalized spacial score (nSPS) is 11.5. The van der Waals surface area contributed by atoms with Gasteiger partial charge in [-0.3, -0.25) is 33.4 Å². The van der Waals surface area contributed by atoms with Crippen LogP contribution in [-0.2, 0) is 26.7 Å². The van der Waals surface area contributed by atoms with E-state index in [1.54, 1.807) is 56.2 Å². The molecule has 1 amide bonds. The van der Waals surface area contributed by atoms with Crippen molar-refractivity contribution in [1.82, 2.24) is 24.1 Å². The van der Waals surface area contributed by atoms with E-state index < -0.39 is 33.2 Å². The van der Waals surface area contributed by atoms with Gasteiger partial charge < -0.3 is 24.7 Å². The van der Waals surface area contributed by atoms with Gasteiger partial charge in [-0.1, -0.05) is 58.0 Å². The predicted molar refractivity (Wildman–Crippen MR) is 253 cm³/mol. The number of hydrogen-bond donors (Lipinski definition) is 4. The number of H-pyrrole nitrogens is 1. The van der Waals surface area contributed by atoms with Crippen molar-refractivity contribution in [3.8, 4) is 22.6 Å². The number of aromatic amines is 1. The molecule has 0 saturated heterocycles. The number of carbonyl (C=O) groups is 2. The minimum absolute atomic E-state index is 0.0701. The highest BCUT2D eigenvalue weighted by atomic mass is 32.2. The quantitative estimate of drug-likeness (QED) is 0.0767. The number of anilines is 3. The Bertz CT molecular complexity index is 3080. The molecule has 1 atom stereocenters. The molecule has 4 N–H and O–H groups in total. The van der Waals surface area contributed by atoms with Crippen LogP contribution in [0, 0.1) is 11.6 Å². The summed E-state index contributed by atoms with van der Waals surface area (Å²) in [6, 6.07) is 21.8. The number of fused-ring (bicyclic) bond motifs is 2. The third-order valence-electron chi connectivity index (χ3n) is 10.2. The van der Waals surface area contributed by atoms with Gasteiger partial charge in [-0.15, -0.1) is 0 Å². The minimum Gasteiger partial charge on any atom is -0.481 e. The van der Waals surface area contributed by atoms with Gasteiger partial charge in [0.1, 0.15) is 28.4 Å². The number of aromatic nitrogens is 5. The number of aliphatic carboxylic acids is 1. The number of amides is 1. The van der Waals surface area contributed by atoms with Crippen LogP contribution >= 0.6 is 0 Å². The number of aryl methyl sites for hydroxylation is 1. The van der Waals surface area contributed by atoms with Gasteiger partial charge >= 0.3 is 5.97 Å². The van der Waals surface area contributed by atoms with Gasteiger partial charge in [0.25, 0.3) is 11.1 Å². The first-order valence-electron chi connectivity index (χ1n) is 21.2. The molecule has 0 aliphatic carbocycles. The second-order valence-electron chi connectivity index (χ2n) is 14.5. The molecule has 0 spiro atoms. The van der Waals surface area contributed by atoms with E-state index in [4.69, 9.17) is 9.84 Å². The lowest BCUT2D eigenvalue weighted by molar-refractivity contribution is -0.136. The molecule has 0 unspecified atom stereocenters. The van der Waals surface area contributed by atoms with Crippen molar-refractivity contribution >= 4 is 61.3 Å². The maximum absolute atomic E-state index is 14.2. The molecule has 0 bridgehead atoms. The van der Waals surface area contributed by atoms with E-state index in [0.717, 1.165) is 17.7 Å². The molecule has 16 nitrogen and oxygen atoms in total. The van der Waals surface area contributed by atoms with Crippen LogP contribution in [-0.4, -0.2) is 68.8 Å². The molecule has 0 aliphatic rings. The zero-order valence-electron chi connectivity index (χ0n) is 37.6. The Kier molecular flexibility index (Phi) is 16.5. The molecule has 4 heterocycles. The second kappa shape index (κ2) is 22.0. The Balaban J connectivity index is 0.000000239. The van der Waals surface area contributed by atoms with Gasteiger partial charge in [0.2, 0.25) is 15.9 Å². The monoisotopic (exact) mass is 926 g/mol. The molecule has 7 rings (SSSR count). The molecule has 3 aromatic carbocycles. The average molecular weight is 927 g/mol. The summed E-state index contributed by atoms with van der Waals surface area (Å²) in [5.74, 6) is -2.34. The Morgan fingerprint density at radius 1 is 0.909 bits per heavy atom. The number of rotatable bonds is 15. The maximum atomic E-state index is 14.2. The number of carboxylic acid groups (broad SMARTS) is 1. The first-order chi connectivity index (χ1) is 31.5. The van der Waals surface area contributed by atoms with Crippen LogP contribution in [0.15, 0.2) is 107 Å². The highest BCUT2D eigenvalue weighted by molar-refractivity contribution is 7.92. The van der Waals surface area contributed by atoms with Crippen LogP contribution in [0.1, 0.15) is 65.5 Å².